The van der Waals surface area contributed by atoms with Gasteiger partial charge in [-0.25, -0.2) is 4.79 Å². The van der Waals surface area contributed by atoms with Crippen LogP contribution in [0.1, 0.15) is 36.7 Å². The quantitative estimate of drug-likeness (QED) is 0.363. The molecule has 150 valence electrons. The van der Waals surface area contributed by atoms with E-state index in [2.05, 4.69) is 0 Å². The van der Waals surface area contributed by atoms with Crippen LogP contribution in [0.15, 0.2) is 66.9 Å². The summed E-state index contributed by atoms with van der Waals surface area (Å²) in [5.74, 6) is 0.410. The number of esters is 1. The lowest BCUT2D eigenvalue weighted by atomic mass is 10.1. The molecule has 0 amide bonds. The van der Waals surface area contributed by atoms with Gasteiger partial charge < -0.3 is 19.6 Å². The first-order chi connectivity index (χ1) is 14.2. The van der Waals surface area contributed by atoms with Crippen molar-refractivity contribution in [1.29, 1.82) is 0 Å². The molecule has 0 saturated heterocycles. The van der Waals surface area contributed by atoms with Crippen molar-refractivity contribution in [2.24, 2.45) is 0 Å². The molecule has 0 atom stereocenters. The predicted molar refractivity (Wildman–Crippen MR) is 117 cm³/mol. The number of hydrogen-bond donors (Lipinski definition) is 1. The van der Waals surface area contributed by atoms with Crippen molar-refractivity contribution >= 4 is 28.1 Å². The van der Waals surface area contributed by atoms with Crippen LogP contribution in [-0.4, -0.2) is 17.0 Å². The summed E-state index contributed by atoms with van der Waals surface area (Å²) in [6.45, 7) is 6.57. The fourth-order valence-corrected chi connectivity index (χ4v) is 3.27. The molecule has 0 aliphatic rings. The number of aromatic nitrogens is 1. The van der Waals surface area contributed by atoms with Crippen molar-refractivity contribution < 1.29 is 14.3 Å². The fourth-order valence-electron chi connectivity index (χ4n) is 3.27. The fraction of sp³-hybridized carbons (Fsp3) is 0.208. The highest BCUT2D eigenvalue weighted by molar-refractivity contribution is 6.11. The molecule has 2 aromatic heterocycles. The Bertz CT molecular complexity index is 1130. The van der Waals surface area contributed by atoms with Crippen LogP contribution < -0.4 is 10.5 Å². The maximum Gasteiger partial charge on any atom is 0.340 e. The first-order valence-electron chi connectivity index (χ1n) is 9.84. The molecule has 0 aliphatic carbocycles. The first kappa shape index (κ1) is 20.3. The summed E-state index contributed by atoms with van der Waals surface area (Å²) in [7, 11) is 0. The smallest absolute Gasteiger partial charge is 0.340 e. The molecule has 0 bridgehead atoms. The summed E-state index contributed by atoms with van der Waals surface area (Å²) >= 11 is 0. The molecule has 0 fully saturated rings. The van der Waals surface area contributed by atoms with E-state index in [0.29, 0.717) is 24.5 Å². The van der Waals surface area contributed by atoms with Crippen LogP contribution in [0.4, 0.5) is 5.69 Å². The number of hydrogen-bond acceptors (Lipinski definition) is 4. The monoisotopic (exact) mass is 390 g/mol. The number of rotatable bonds is 5. The topological polar surface area (TPSA) is 66.0 Å². The molecular weight excluding hydrogens is 364 g/mol. The van der Waals surface area contributed by atoms with Gasteiger partial charge in [0, 0.05) is 23.3 Å². The van der Waals surface area contributed by atoms with Gasteiger partial charge in [0.25, 0.3) is 0 Å². The van der Waals surface area contributed by atoms with Gasteiger partial charge in [0.05, 0.1) is 23.2 Å². The van der Waals surface area contributed by atoms with E-state index in [-0.39, 0.29) is 5.97 Å². The van der Waals surface area contributed by atoms with Gasteiger partial charge in [-0.15, -0.1) is 0 Å². The highest BCUT2D eigenvalue weighted by Crippen LogP contribution is 2.30. The lowest BCUT2D eigenvalue weighted by Crippen LogP contribution is -2.04. The second kappa shape index (κ2) is 9.15. The predicted octanol–water partition coefficient (Wildman–Crippen LogP) is 5.46. The number of nitrogen functional groups attached to an aromatic ring is 1. The Kier molecular flexibility index (Phi) is 6.39. The van der Waals surface area contributed by atoms with Gasteiger partial charge in [0.15, 0.2) is 0 Å². The number of nitrogens with two attached hydrogens (primary N) is 1. The van der Waals surface area contributed by atoms with Crippen molar-refractivity contribution in [2.45, 2.75) is 27.4 Å². The average molecular weight is 390 g/mol. The molecule has 0 saturated carbocycles. The molecule has 0 unspecified atom stereocenters. The zero-order valence-corrected chi connectivity index (χ0v) is 17.0. The molecule has 5 nitrogen and oxygen atoms in total. The Labute approximate surface area is 170 Å². The van der Waals surface area contributed by atoms with Crippen LogP contribution in [0.3, 0.4) is 0 Å². The molecule has 2 heterocycles. The number of anilines is 1. The Hall–Kier alpha value is -3.47. The minimum absolute atomic E-state index is 0.315. The molecule has 29 heavy (non-hydrogen) atoms. The van der Waals surface area contributed by atoms with E-state index in [1.165, 1.54) is 0 Å². The van der Waals surface area contributed by atoms with E-state index in [9.17, 15) is 4.79 Å². The van der Waals surface area contributed by atoms with Gasteiger partial charge >= 0.3 is 5.97 Å². The summed E-state index contributed by atoms with van der Waals surface area (Å²) in [6.07, 6.45) is 1.93. The highest BCUT2D eigenvalue weighted by atomic mass is 16.5. The van der Waals surface area contributed by atoms with Gasteiger partial charge in [0.1, 0.15) is 12.4 Å². The maximum atomic E-state index is 12.5. The summed E-state index contributed by atoms with van der Waals surface area (Å²) in [5, 5.41) is 0.843. The van der Waals surface area contributed by atoms with E-state index < -0.39 is 0 Å². The number of benzene rings is 2. The lowest BCUT2D eigenvalue weighted by molar-refractivity contribution is 0.0531. The molecule has 2 N–H and O–H groups in total. The third-order valence-corrected chi connectivity index (χ3v) is 4.45. The molecule has 0 radical (unpaired) electrons. The second-order valence-corrected chi connectivity index (χ2v) is 6.26. The molecule has 5 heteroatoms. The third kappa shape index (κ3) is 4.19. The minimum atomic E-state index is -0.315. The maximum absolute atomic E-state index is 12.5. The van der Waals surface area contributed by atoms with Crippen LogP contribution in [0.2, 0.25) is 0 Å². The van der Waals surface area contributed by atoms with E-state index in [0.717, 1.165) is 27.7 Å². The van der Waals surface area contributed by atoms with Gasteiger partial charge in [-0.1, -0.05) is 32.0 Å². The van der Waals surface area contributed by atoms with Gasteiger partial charge in [0.2, 0.25) is 0 Å². The van der Waals surface area contributed by atoms with E-state index in [1.54, 1.807) is 6.92 Å². The number of carbonyl (C=O) groups is 1. The molecule has 0 aliphatic heterocycles. The van der Waals surface area contributed by atoms with E-state index >= 15 is 0 Å². The molecular formula is C24H26N2O3. The van der Waals surface area contributed by atoms with Gasteiger partial charge in [-0.3, -0.25) is 0 Å². The van der Waals surface area contributed by atoms with Crippen molar-refractivity contribution in [3.8, 4) is 5.75 Å². The van der Waals surface area contributed by atoms with Gasteiger partial charge in [-0.2, -0.15) is 0 Å². The number of fused-ring (bicyclic) bond motifs is 3. The molecule has 2 aromatic carbocycles. The number of carbonyl (C=O) groups excluding carboxylic acids is 1. The molecule has 0 spiro atoms. The van der Waals surface area contributed by atoms with Crippen molar-refractivity contribution in [2.75, 3.05) is 12.3 Å². The Morgan fingerprint density at radius 2 is 1.83 bits per heavy atom. The SMILES string of the molecule is CC.CCOC(=O)c1c2ccc(OCc3cccc(N)c3)cc2n2ccccc12. The summed E-state index contributed by atoms with van der Waals surface area (Å²) < 4.78 is 13.2. The second-order valence-electron chi connectivity index (χ2n) is 6.26. The standard InChI is InChI=1S/C22H20N2O3.C2H6/c1-2-26-22(25)21-18-10-9-17(27-14-15-6-5-7-16(23)12-15)13-20(18)24-11-4-3-8-19(21)24;1-2/h3-13H,2,14,23H2,1H3;1-2H3. The normalized spacial score (nSPS) is 10.4. The van der Waals surface area contributed by atoms with Crippen molar-refractivity contribution in [3.63, 3.8) is 0 Å². The molecule has 4 aromatic rings. The largest absolute Gasteiger partial charge is 0.489 e. The zero-order chi connectivity index (χ0) is 20.8. The highest BCUT2D eigenvalue weighted by Gasteiger charge is 2.19. The van der Waals surface area contributed by atoms with E-state index in [1.807, 2.05) is 85.1 Å². The van der Waals surface area contributed by atoms with Crippen LogP contribution in [0, 0.1) is 0 Å². The van der Waals surface area contributed by atoms with Gasteiger partial charge in [-0.05, 0) is 48.9 Å². The van der Waals surface area contributed by atoms with Crippen molar-refractivity contribution in [1.82, 2.24) is 4.40 Å². The Morgan fingerprint density at radius 1 is 1.00 bits per heavy atom. The summed E-state index contributed by atoms with van der Waals surface area (Å²) in [4.78, 5) is 12.5. The number of pyridine rings is 1. The Balaban J connectivity index is 0.00000117. The van der Waals surface area contributed by atoms with Crippen LogP contribution in [0.25, 0.3) is 16.4 Å². The third-order valence-electron chi connectivity index (χ3n) is 4.45. The minimum Gasteiger partial charge on any atom is -0.489 e. The molecule has 4 rings (SSSR count). The first-order valence-corrected chi connectivity index (χ1v) is 9.84. The van der Waals surface area contributed by atoms with Crippen LogP contribution >= 0.6 is 0 Å². The van der Waals surface area contributed by atoms with Crippen LogP contribution in [0.5, 0.6) is 5.75 Å². The van der Waals surface area contributed by atoms with Crippen molar-refractivity contribution in [3.05, 3.63) is 78.0 Å². The zero-order valence-electron chi connectivity index (χ0n) is 17.0. The average Bonchev–Trinajstić information content (AvgIpc) is 3.08. The summed E-state index contributed by atoms with van der Waals surface area (Å²) in [6, 6.07) is 19.1. The van der Waals surface area contributed by atoms with Crippen LogP contribution in [-0.2, 0) is 11.3 Å². The summed E-state index contributed by atoms with van der Waals surface area (Å²) in [5.41, 5.74) is 9.83. The number of nitrogens with zero attached hydrogens (tertiary/aromatic N) is 1. The van der Waals surface area contributed by atoms with E-state index in [4.69, 9.17) is 15.2 Å². The Morgan fingerprint density at radius 3 is 2.59 bits per heavy atom. The number of ether oxygens (including phenoxy) is 2. The lowest BCUT2D eigenvalue weighted by Gasteiger charge is -2.07.